The van der Waals surface area contributed by atoms with Gasteiger partial charge in [-0.1, -0.05) is 12.1 Å². The lowest BCUT2D eigenvalue weighted by molar-refractivity contribution is -0.139. The molecule has 3 rings (SSSR count). The zero-order valence-electron chi connectivity index (χ0n) is 16.5. The van der Waals surface area contributed by atoms with Crippen molar-refractivity contribution in [3.05, 3.63) is 46.9 Å². The van der Waals surface area contributed by atoms with Gasteiger partial charge in [0.25, 0.3) is 0 Å². The third-order valence-electron chi connectivity index (χ3n) is 5.03. The number of amides is 3. The average molecular weight is 404 g/mol. The molecule has 3 amide bonds. The van der Waals surface area contributed by atoms with Crippen LogP contribution in [-0.4, -0.2) is 67.0 Å². The SMILES string of the molecule is CCOC(=O)C1=C(CN2CCN(C(C)=O)CC2)NC(=O)NC1c1cccc(F)c1. The van der Waals surface area contributed by atoms with Gasteiger partial charge >= 0.3 is 12.0 Å². The molecule has 0 aliphatic carbocycles. The summed E-state index contributed by atoms with van der Waals surface area (Å²) in [5, 5.41) is 5.41. The molecule has 8 nitrogen and oxygen atoms in total. The number of carbonyl (C=O) groups excluding carboxylic acids is 3. The van der Waals surface area contributed by atoms with Gasteiger partial charge in [0.15, 0.2) is 0 Å². The summed E-state index contributed by atoms with van der Waals surface area (Å²) in [5.41, 5.74) is 1.14. The van der Waals surface area contributed by atoms with E-state index in [-0.39, 0.29) is 18.1 Å². The fourth-order valence-electron chi connectivity index (χ4n) is 3.57. The van der Waals surface area contributed by atoms with Crippen molar-refractivity contribution in [2.75, 3.05) is 39.3 Å². The molecule has 156 valence electrons. The van der Waals surface area contributed by atoms with Crippen LogP contribution < -0.4 is 10.6 Å². The Morgan fingerprint density at radius 1 is 1.24 bits per heavy atom. The number of urea groups is 1. The summed E-state index contributed by atoms with van der Waals surface area (Å²) in [5.74, 6) is -0.996. The molecule has 0 bridgehead atoms. The summed E-state index contributed by atoms with van der Waals surface area (Å²) in [6.45, 7) is 6.13. The molecule has 0 aromatic heterocycles. The first-order chi connectivity index (χ1) is 13.9. The second kappa shape index (κ2) is 9.04. The third-order valence-corrected chi connectivity index (χ3v) is 5.03. The summed E-state index contributed by atoms with van der Waals surface area (Å²) in [6, 6.07) is 4.50. The normalized spacial score (nSPS) is 20.2. The molecule has 1 fully saturated rings. The summed E-state index contributed by atoms with van der Waals surface area (Å²) in [6.07, 6.45) is 0. The molecule has 0 spiro atoms. The number of nitrogens with zero attached hydrogens (tertiary/aromatic N) is 2. The molecule has 0 radical (unpaired) electrons. The van der Waals surface area contributed by atoms with Crippen LogP contribution in [0.3, 0.4) is 0 Å². The monoisotopic (exact) mass is 404 g/mol. The van der Waals surface area contributed by atoms with Gasteiger partial charge in [0, 0.05) is 45.3 Å². The number of piperazine rings is 1. The molecule has 1 aromatic carbocycles. The van der Waals surface area contributed by atoms with E-state index in [4.69, 9.17) is 4.74 Å². The summed E-state index contributed by atoms with van der Waals surface area (Å²) >= 11 is 0. The van der Waals surface area contributed by atoms with Crippen molar-refractivity contribution >= 4 is 17.9 Å². The highest BCUT2D eigenvalue weighted by Crippen LogP contribution is 2.28. The topological polar surface area (TPSA) is 91.0 Å². The molecule has 2 aliphatic rings. The Morgan fingerprint density at radius 3 is 2.59 bits per heavy atom. The number of esters is 1. The molecule has 1 aromatic rings. The maximum absolute atomic E-state index is 13.8. The van der Waals surface area contributed by atoms with Gasteiger partial charge < -0.3 is 20.3 Å². The standard InChI is InChI=1S/C20H25FN4O4/c1-3-29-19(27)17-16(12-24-7-9-25(10-8-24)13(2)26)22-20(28)23-18(17)14-5-4-6-15(21)11-14/h4-6,11,18H,3,7-10,12H2,1-2H3,(H2,22,23,28). The summed E-state index contributed by atoms with van der Waals surface area (Å²) in [7, 11) is 0. The largest absolute Gasteiger partial charge is 0.463 e. The van der Waals surface area contributed by atoms with E-state index in [1.165, 1.54) is 25.1 Å². The molecule has 29 heavy (non-hydrogen) atoms. The van der Waals surface area contributed by atoms with Gasteiger partial charge in [0.1, 0.15) is 5.82 Å². The van der Waals surface area contributed by atoms with Crippen LogP contribution in [0.15, 0.2) is 35.5 Å². The second-order valence-electron chi connectivity index (χ2n) is 6.98. The predicted molar refractivity (Wildman–Crippen MR) is 103 cm³/mol. The van der Waals surface area contributed by atoms with E-state index in [1.54, 1.807) is 17.9 Å². The van der Waals surface area contributed by atoms with Gasteiger partial charge in [0.05, 0.1) is 18.2 Å². The minimum absolute atomic E-state index is 0.0254. The third kappa shape index (κ3) is 4.92. The van der Waals surface area contributed by atoms with Crippen LogP contribution in [-0.2, 0) is 14.3 Å². The Kier molecular flexibility index (Phi) is 6.48. The molecule has 2 aliphatic heterocycles. The van der Waals surface area contributed by atoms with E-state index in [9.17, 15) is 18.8 Å². The maximum Gasteiger partial charge on any atom is 0.338 e. The summed E-state index contributed by atoms with van der Waals surface area (Å²) < 4.78 is 19.0. The van der Waals surface area contributed by atoms with Crippen LogP contribution in [0, 0.1) is 5.82 Å². The lowest BCUT2D eigenvalue weighted by Crippen LogP contribution is -2.52. The number of ether oxygens (including phenoxy) is 1. The highest BCUT2D eigenvalue weighted by Gasteiger charge is 2.35. The van der Waals surface area contributed by atoms with E-state index in [1.807, 2.05) is 0 Å². The molecule has 1 atom stereocenters. The van der Waals surface area contributed by atoms with Gasteiger partial charge in [-0.25, -0.2) is 14.0 Å². The molecule has 0 saturated carbocycles. The van der Waals surface area contributed by atoms with Gasteiger partial charge in [-0.2, -0.15) is 0 Å². The molecular weight excluding hydrogens is 379 g/mol. The lowest BCUT2D eigenvalue weighted by atomic mass is 9.95. The van der Waals surface area contributed by atoms with E-state index in [2.05, 4.69) is 15.5 Å². The van der Waals surface area contributed by atoms with Gasteiger partial charge in [-0.05, 0) is 24.6 Å². The predicted octanol–water partition coefficient (Wildman–Crippen LogP) is 1.16. The molecule has 1 unspecified atom stereocenters. The van der Waals surface area contributed by atoms with Crippen LogP contribution in [0.25, 0.3) is 0 Å². The van der Waals surface area contributed by atoms with Crippen molar-refractivity contribution in [2.45, 2.75) is 19.9 Å². The Labute approximate surface area is 168 Å². The second-order valence-corrected chi connectivity index (χ2v) is 6.98. The Hall–Kier alpha value is -2.94. The van der Waals surface area contributed by atoms with Crippen molar-refractivity contribution in [1.82, 2.24) is 20.4 Å². The Balaban J connectivity index is 1.90. The molecular formula is C20H25FN4O4. The van der Waals surface area contributed by atoms with E-state index < -0.39 is 23.9 Å². The van der Waals surface area contributed by atoms with Gasteiger partial charge in [0.2, 0.25) is 5.91 Å². The maximum atomic E-state index is 13.8. The highest BCUT2D eigenvalue weighted by molar-refractivity contribution is 5.95. The number of halogens is 1. The van der Waals surface area contributed by atoms with Crippen molar-refractivity contribution in [2.24, 2.45) is 0 Å². The number of benzene rings is 1. The van der Waals surface area contributed by atoms with Crippen molar-refractivity contribution in [3.63, 3.8) is 0 Å². The number of nitrogens with one attached hydrogen (secondary N) is 2. The zero-order valence-corrected chi connectivity index (χ0v) is 16.5. The first kappa shape index (κ1) is 20.8. The van der Waals surface area contributed by atoms with Gasteiger partial charge in [-0.15, -0.1) is 0 Å². The molecule has 2 N–H and O–H groups in total. The molecule has 2 heterocycles. The Bertz CT molecular complexity index is 834. The highest BCUT2D eigenvalue weighted by atomic mass is 19.1. The Morgan fingerprint density at radius 2 is 1.97 bits per heavy atom. The van der Waals surface area contributed by atoms with Gasteiger partial charge in [-0.3, -0.25) is 9.69 Å². The minimum atomic E-state index is -0.813. The molecule has 1 saturated heterocycles. The number of rotatable bonds is 5. The van der Waals surface area contributed by atoms with Crippen molar-refractivity contribution in [1.29, 1.82) is 0 Å². The van der Waals surface area contributed by atoms with Crippen LogP contribution in [0.5, 0.6) is 0 Å². The zero-order chi connectivity index (χ0) is 21.0. The minimum Gasteiger partial charge on any atom is -0.463 e. The number of hydrogen-bond donors (Lipinski definition) is 2. The van der Waals surface area contributed by atoms with E-state index in [0.29, 0.717) is 44.0 Å². The summed E-state index contributed by atoms with van der Waals surface area (Å²) in [4.78, 5) is 40.3. The fraction of sp³-hybridized carbons (Fsp3) is 0.450. The molecule has 9 heteroatoms. The number of hydrogen-bond acceptors (Lipinski definition) is 5. The lowest BCUT2D eigenvalue weighted by Gasteiger charge is -2.36. The quantitative estimate of drug-likeness (QED) is 0.719. The average Bonchev–Trinajstić information content (AvgIpc) is 2.68. The van der Waals surface area contributed by atoms with E-state index >= 15 is 0 Å². The first-order valence-electron chi connectivity index (χ1n) is 9.60. The smallest absolute Gasteiger partial charge is 0.338 e. The number of carbonyl (C=O) groups is 3. The van der Waals surface area contributed by atoms with Crippen molar-refractivity contribution < 1.29 is 23.5 Å². The first-order valence-corrected chi connectivity index (χ1v) is 9.60. The van der Waals surface area contributed by atoms with Crippen LogP contribution >= 0.6 is 0 Å². The van der Waals surface area contributed by atoms with Crippen LogP contribution in [0.1, 0.15) is 25.5 Å². The van der Waals surface area contributed by atoms with Crippen LogP contribution in [0.4, 0.5) is 9.18 Å². The van der Waals surface area contributed by atoms with Crippen LogP contribution in [0.2, 0.25) is 0 Å². The van der Waals surface area contributed by atoms with Crippen molar-refractivity contribution in [3.8, 4) is 0 Å². The van der Waals surface area contributed by atoms with E-state index in [0.717, 1.165) is 0 Å². The fourth-order valence-corrected chi connectivity index (χ4v) is 3.57.